The maximum atomic E-state index is 11.3. The van der Waals surface area contributed by atoms with Crippen molar-refractivity contribution < 1.29 is 12.8 Å². The fourth-order valence-corrected chi connectivity index (χ4v) is 2.85. The average molecular weight is 268 g/mol. The molecule has 2 rings (SSSR count). The first-order valence-corrected chi connectivity index (χ1v) is 7.69. The van der Waals surface area contributed by atoms with Crippen molar-refractivity contribution in [1.82, 2.24) is 4.98 Å². The molecule has 0 saturated heterocycles. The summed E-state index contributed by atoms with van der Waals surface area (Å²) in [7, 11) is -1.24. The highest BCUT2D eigenvalue weighted by atomic mass is 32.2. The predicted molar refractivity (Wildman–Crippen MR) is 71.6 cm³/mol. The molecule has 5 nitrogen and oxygen atoms in total. The van der Waals surface area contributed by atoms with Gasteiger partial charge in [0.25, 0.3) is 6.01 Å². The van der Waals surface area contributed by atoms with Gasteiger partial charge in [-0.15, -0.1) is 0 Å². The van der Waals surface area contributed by atoms with Crippen molar-refractivity contribution in [3.8, 4) is 0 Å². The minimum Gasteiger partial charge on any atom is -0.423 e. The van der Waals surface area contributed by atoms with Crippen LogP contribution in [0, 0.1) is 0 Å². The average Bonchev–Trinajstić information content (AvgIpc) is 2.68. The monoisotopic (exact) mass is 268 g/mol. The molecule has 0 amide bonds. The van der Waals surface area contributed by atoms with Crippen LogP contribution in [-0.4, -0.2) is 38.5 Å². The largest absolute Gasteiger partial charge is 0.423 e. The zero-order valence-corrected chi connectivity index (χ0v) is 11.4. The molecule has 18 heavy (non-hydrogen) atoms. The molecule has 0 spiro atoms. The minimum absolute atomic E-state index is 0.0717. The van der Waals surface area contributed by atoms with Crippen LogP contribution in [0.15, 0.2) is 28.7 Å². The normalized spacial score (nSPS) is 13.7. The van der Waals surface area contributed by atoms with E-state index in [4.69, 9.17) is 4.42 Å². The van der Waals surface area contributed by atoms with Crippen LogP contribution >= 0.6 is 0 Å². The second kappa shape index (κ2) is 4.61. The first kappa shape index (κ1) is 12.9. The Morgan fingerprint density at radius 2 is 2.06 bits per heavy atom. The maximum absolute atomic E-state index is 11.3. The van der Waals surface area contributed by atoms with Gasteiger partial charge in [-0.2, -0.15) is 4.98 Å². The van der Waals surface area contributed by atoms with Gasteiger partial charge in [0.1, 0.15) is 15.4 Å². The molecule has 0 aliphatic carbocycles. The molecule has 0 fully saturated rings. The van der Waals surface area contributed by atoms with Crippen molar-refractivity contribution in [3.63, 3.8) is 0 Å². The summed E-state index contributed by atoms with van der Waals surface area (Å²) in [5.74, 6) is 0.0717. The minimum atomic E-state index is -3.02. The summed E-state index contributed by atoms with van der Waals surface area (Å²) in [6.07, 6.45) is 1.23. The van der Waals surface area contributed by atoms with E-state index in [1.54, 1.807) is 11.9 Å². The molecule has 0 saturated carbocycles. The molecule has 98 valence electrons. The molecule has 1 atom stereocenters. The van der Waals surface area contributed by atoms with Gasteiger partial charge in [0, 0.05) is 19.3 Å². The second-order valence-electron chi connectivity index (χ2n) is 4.52. The smallest absolute Gasteiger partial charge is 0.298 e. The number of fused-ring (bicyclic) bond motifs is 1. The molecule has 1 aromatic carbocycles. The topological polar surface area (TPSA) is 63.4 Å². The number of rotatable bonds is 4. The molecule has 1 unspecified atom stereocenters. The Bertz CT molecular complexity index is 615. The van der Waals surface area contributed by atoms with E-state index in [2.05, 4.69) is 4.98 Å². The van der Waals surface area contributed by atoms with E-state index >= 15 is 0 Å². The number of hydrogen-bond donors (Lipinski definition) is 0. The van der Waals surface area contributed by atoms with Gasteiger partial charge in [0.15, 0.2) is 5.58 Å². The number of benzene rings is 1. The van der Waals surface area contributed by atoms with Crippen LogP contribution < -0.4 is 4.90 Å². The quantitative estimate of drug-likeness (QED) is 0.844. The third-order valence-electron chi connectivity index (χ3n) is 2.79. The van der Waals surface area contributed by atoms with Gasteiger partial charge in [-0.05, 0) is 19.1 Å². The highest BCUT2D eigenvalue weighted by Gasteiger charge is 2.19. The Morgan fingerprint density at radius 1 is 1.39 bits per heavy atom. The molecule has 0 N–H and O–H groups in total. The zero-order chi connectivity index (χ0) is 13.3. The maximum Gasteiger partial charge on any atom is 0.298 e. The summed E-state index contributed by atoms with van der Waals surface area (Å²) >= 11 is 0. The summed E-state index contributed by atoms with van der Waals surface area (Å²) in [4.78, 5) is 6.07. The van der Waals surface area contributed by atoms with Crippen LogP contribution in [0.3, 0.4) is 0 Å². The van der Waals surface area contributed by atoms with E-state index in [0.29, 0.717) is 11.6 Å². The number of nitrogens with zero attached hydrogens (tertiary/aromatic N) is 2. The first-order chi connectivity index (χ1) is 8.37. The molecule has 1 aromatic heterocycles. The van der Waals surface area contributed by atoms with Crippen molar-refractivity contribution in [2.24, 2.45) is 0 Å². The van der Waals surface area contributed by atoms with Gasteiger partial charge in [-0.3, -0.25) is 0 Å². The molecule has 6 heteroatoms. The summed E-state index contributed by atoms with van der Waals surface area (Å²) < 4.78 is 28.1. The molecule has 0 bridgehead atoms. The zero-order valence-electron chi connectivity index (χ0n) is 10.6. The summed E-state index contributed by atoms with van der Waals surface area (Å²) in [5.41, 5.74) is 1.47. The van der Waals surface area contributed by atoms with Gasteiger partial charge in [0.2, 0.25) is 0 Å². The van der Waals surface area contributed by atoms with E-state index in [1.165, 1.54) is 6.26 Å². The number of aromatic nitrogens is 1. The lowest BCUT2D eigenvalue weighted by Gasteiger charge is -2.21. The lowest BCUT2D eigenvalue weighted by atomic mass is 10.3. The summed E-state index contributed by atoms with van der Waals surface area (Å²) in [6, 6.07) is 7.70. The fourth-order valence-electron chi connectivity index (χ4n) is 1.75. The van der Waals surface area contributed by atoms with Gasteiger partial charge in [0.05, 0.1) is 5.75 Å². The van der Waals surface area contributed by atoms with Crippen molar-refractivity contribution >= 4 is 27.0 Å². The summed E-state index contributed by atoms with van der Waals surface area (Å²) in [5, 5.41) is 0. The highest BCUT2D eigenvalue weighted by Crippen LogP contribution is 2.22. The van der Waals surface area contributed by atoms with Crippen molar-refractivity contribution in [1.29, 1.82) is 0 Å². The molecular weight excluding hydrogens is 252 g/mol. The second-order valence-corrected chi connectivity index (χ2v) is 6.70. The Balaban J connectivity index is 2.25. The van der Waals surface area contributed by atoms with Crippen molar-refractivity contribution in [3.05, 3.63) is 24.3 Å². The highest BCUT2D eigenvalue weighted by molar-refractivity contribution is 7.90. The molecular formula is C12H16N2O3S. The first-order valence-electron chi connectivity index (χ1n) is 5.63. The number of para-hydroxylation sites is 2. The van der Waals surface area contributed by atoms with Gasteiger partial charge in [-0.1, -0.05) is 12.1 Å². The SMILES string of the molecule is CC(CS(C)(=O)=O)N(C)c1nc2ccccc2o1. The van der Waals surface area contributed by atoms with E-state index in [-0.39, 0.29) is 11.8 Å². The van der Waals surface area contributed by atoms with Gasteiger partial charge in [-0.25, -0.2) is 8.42 Å². The van der Waals surface area contributed by atoms with Crippen LogP contribution in [0.4, 0.5) is 6.01 Å². The third-order valence-corrected chi connectivity index (χ3v) is 3.88. The van der Waals surface area contributed by atoms with Gasteiger partial charge >= 0.3 is 0 Å². The predicted octanol–water partition coefficient (Wildman–Crippen LogP) is 1.70. The van der Waals surface area contributed by atoms with E-state index < -0.39 is 9.84 Å². The van der Waals surface area contributed by atoms with E-state index in [1.807, 2.05) is 31.2 Å². The number of anilines is 1. The van der Waals surface area contributed by atoms with Crippen LogP contribution in [0.2, 0.25) is 0 Å². The number of sulfone groups is 1. The Hall–Kier alpha value is -1.56. The molecule has 2 aromatic rings. The molecule has 0 radical (unpaired) electrons. The van der Waals surface area contributed by atoms with E-state index in [0.717, 1.165) is 5.52 Å². The molecule has 0 aliphatic rings. The van der Waals surface area contributed by atoms with Crippen LogP contribution in [0.1, 0.15) is 6.92 Å². The molecule has 1 heterocycles. The van der Waals surface area contributed by atoms with Crippen LogP contribution in [-0.2, 0) is 9.84 Å². The van der Waals surface area contributed by atoms with Crippen LogP contribution in [0.25, 0.3) is 11.1 Å². The number of hydrogen-bond acceptors (Lipinski definition) is 5. The third kappa shape index (κ3) is 2.81. The Labute approximate surface area is 106 Å². The lowest BCUT2D eigenvalue weighted by molar-refractivity contribution is 0.554. The Morgan fingerprint density at radius 3 is 2.67 bits per heavy atom. The van der Waals surface area contributed by atoms with E-state index in [9.17, 15) is 8.42 Å². The van der Waals surface area contributed by atoms with Gasteiger partial charge < -0.3 is 9.32 Å². The Kier molecular flexibility index (Phi) is 3.30. The lowest BCUT2D eigenvalue weighted by Crippen LogP contribution is -2.34. The van der Waals surface area contributed by atoms with Crippen molar-refractivity contribution in [2.75, 3.05) is 24.0 Å². The number of oxazole rings is 1. The fraction of sp³-hybridized carbons (Fsp3) is 0.417. The summed E-state index contributed by atoms with van der Waals surface area (Å²) in [6.45, 7) is 1.83. The van der Waals surface area contributed by atoms with Crippen molar-refractivity contribution in [2.45, 2.75) is 13.0 Å². The standard InChI is InChI=1S/C12H16N2O3S/c1-9(8-18(3,15)16)14(2)12-13-10-6-4-5-7-11(10)17-12/h4-7,9H,8H2,1-3H3. The van der Waals surface area contributed by atoms with Crippen LogP contribution in [0.5, 0.6) is 0 Å². The molecule has 0 aliphatic heterocycles.